The van der Waals surface area contributed by atoms with E-state index < -0.39 is 0 Å². The fourth-order valence-electron chi connectivity index (χ4n) is 1.39. The van der Waals surface area contributed by atoms with Gasteiger partial charge in [0.2, 0.25) is 0 Å². The number of hydrogen-bond acceptors (Lipinski definition) is 3. The Kier molecular flexibility index (Phi) is 6.15. The molecular formula is C11H23NO2. The third kappa shape index (κ3) is 5.58. The second-order valence-corrected chi connectivity index (χ2v) is 4.03. The maximum Gasteiger partial charge on any atom is 0.0615 e. The molecule has 0 spiro atoms. The summed E-state index contributed by atoms with van der Waals surface area (Å²) < 4.78 is 10.6. The molecule has 1 saturated carbocycles. The lowest BCUT2D eigenvalue weighted by atomic mass is 10.2. The molecule has 1 atom stereocenters. The molecule has 1 aliphatic carbocycles. The van der Waals surface area contributed by atoms with Crippen molar-refractivity contribution in [3.8, 4) is 0 Å². The minimum absolute atomic E-state index is 0.476. The van der Waals surface area contributed by atoms with Gasteiger partial charge in [0, 0.05) is 26.3 Å². The Bertz CT molecular complexity index is 137. The molecule has 1 rings (SSSR count). The van der Waals surface area contributed by atoms with Crippen LogP contribution in [-0.2, 0) is 9.47 Å². The standard InChI is InChI=1S/C11H23NO2/c1-3-11(9-13-2)12-6-7-14-8-10-4-5-10/h10-12H,3-9H2,1-2H3. The van der Waals surface area contributed by atoms with Gasteiger partial charge in [-0.25, -0.2) is 0 Å². The third-order valence-corrected chi connectivity index (χ3v) is 2.59. The van der Waals surface area contributed by atoms with E-state index in [1.807, 2.05) is 0 Å². The largest absolute Gasteiger partial charge is 0.383 e. The third-order valence-electron chi connectivity index (χ3n) is 2.59. The van der Waals surface area contributed by atoms with Gasteiger partial charge in [-0.15, -0.1) is 0 Å². The Morgan fingerprint density at radius 1 is 1.43 bits per heavy atom. The molecular weight excluding hydrogens is 178 g/mol. The van der Waals surface area contributed by atoms with Crippen LogP contribution in [0.5, 0.6) is 0 Å². The van der Waals surface area contributed by atoms with Gasteiger partial charge in [-0.3, -0.25) is 0 Å². The minimum Gasteiger partial charge on any atom is -0.383 e. The predicted octanol–water partition coefficient (Wildman–Crippen LogP) is 1.43. The number of rotatable bonds is 9. The quantitative estimate of drug-likeness (QED) is 0.572. The highest BCUT2D eigenvalue weighted by Gasteiger charge is 2.20. The molecule has 0 heterocycles. The first-order valence-electron chi connectivity index (χ1n) is 5.66. The normalized spacial score (nSPS) is 18.4. The summed E-state index contributed by atoms with van der Waals surface area (Å²) in [7, 11) is 1.74. The average molecular weight is 201 g/mol. The summed E-state index contributed by atoms with van der Waals surface area (Å²) in [5, 5.41) is 3.41. The zero-order valence-electron chi connectivity index (χ0n) is 9.42. The molecule has 0 amide bonds. The van der Waals surface area contributed by atoms with E-state index >= 15 is 0 Å². The highest BCUT2D eigenvalue weighted by molar-refractivity contribution is 4.72. The molecule has 0 bridgehead atoms. The Labute approximate surface area is 87.2 Å². The summed E-state index contributed by atoms with van der Waals surface area (Å²) in [6.45, 7) is 5.69. The summed E-state index contributed by atoms with van der Waals surface area (Å²) in [5.41, 5.74) is 0. The van der Waals surface area contributed by atoms with E-state index in [2.05, 4.69) is 12.2 Å². The number of nitrogens with one attached hydrogen (secondary N) is 1. The first-order chi connectivity index (χ1) is 6.86. The molecule has 14 heavy (non-hydrogen) atoms. The van der Waals surface area contributed by atoms with Gasteiger partial charge in [0.15, 0.2) is 0 Å². The Hall–Kier alpha value is -0.120. The van der Waals surface area contributed by atoms with E-state index in [0.717, 1.165) is 38.7 Å². The van der Waals surface area contributed by atoms with Gasteiger partial charge in [-0.2, -0.15) is 0 Å². The van der Waals surface area contributed by atoms with Crippen LogP contribution in [0.25, 0.3) is 0 Å². The first-order valence-corrected chi connectivity index (χ1v) is 5.66. The molecule has 3 nitrogen and oxygen atoms in total. The van der Waals surface area contributed by atoms with E-state index in [9.17, 15) is 0 Å². The molecule has 0 saturated heterocycles. The summed E-state index contributed by atoms with van der Waals surface area (Å²) in [6.07, 6.45) is 3.85. The van der Waals surface area contributed by atoms with E-state index in [1.54, 1.807) is 7.11 Å². The van der Waals surface area contributed by atoms with Gasteiger partial charge < -0.3 is 14.8 Å². The maximum atomic E-state index is 5.53. The van der Waals surface area contributed by atoms with Crippen LogP contribution < -0.4 is 5.32 Å². The van der Waals surface area contributed by atoms with Crippen LogP contribution in [0.15, 0.2) is 0 Å². The molecule has 0 aromatic rings. The van der Waals surface area contributed by atoms with Crippen molar-refractivity contribution in [1.29, 1.82) is 0 Å². The van der Waals surface area contributed by atoms with Crippen molar-refractivity contribution < 1.29 is 9.47 Å². The SMILES string of the molecule is CCC(COC)NCCOCC1CC1. The Morgan fingerprint density at radius 3 is 2.79 bits per heavy atom. The minimum atomic E-state index is 0.476. The van der Waals surface area contributed by atoms with Crippen molar-refractivity contribution in [2.24, 2.45) is 5.92 Å². The van der Waals surface area contributed by atoms with Crippen molar-refractivity contribution in [2.75, 3.05) is 33.5 Å². The van der Waals surface area contributed by atoms with Crippen molar-refractivity contribution in [3.63, 3.8) is 0 Å². The zero-order valence-corrected chi connectivity index (χ0v) is 9.42. The lowest BCUT2D eigenvalue weighted by Crippen LogP contribution is -2.35. The second kappa shape index (κ2) is 7.21. The first kappa shape index (κ1) is 12.0. The van der Waals surface area contributed by atoms with E-state index in [4.69, 9.17) is 9.47 Å². The zero-order chi connectivity index (χ0) is 10.2. The van der Waals surface area contributed by atoms with E-state index in [0.29, 0.717) is 6.04 Å². The van der Waals surface area contributed by atoms with Crippen LogP contribution in [0.4, 0.5) is 0 Å². The predicted molar refractivity (Wildman–Crippen MR) is 57.5 cm³/mol. The van der Waals surface area contributed by atoms with Crippen LogP contribution >= 0.6 is 0 Å². The topological polar surface area (TPSA) is 30.5 Å². The van der Waals surface area contributed by atoms with Crippen LogP contribution in [-0.4, -0.2) is 39.5 Å². The molecule has 1 fully saturated rings. The van der Waals surface area contributed by atoms with E-state index in [-0.39, 0.29) is 0 Å². The monoisotopic (exact) mass is 201 g/mol. The maximum absolute atomic E-state index is 5.53. The van der Waals surface area contributed by atoms with Gasteiger partial charge in [0.05, 0.1) is 13.2 Å². The summed E-state index contributed by atoms with van der Waals surface area (Å²) in [4.78, 5) is 0. The van der Waals surface area contributed by atoms with Crippen molar-refractivity contribution >= 4 is 0 Å². The second-order valence-electron chi connectivity index (χ2n) is 4.03. The fourth-order valence-corrected chi connectivity index (χ4v) is 1.39. The molecule has 1 aliphatic rings. The van der Waals surface area contributed by atoms with Crippen LogP contribution in [0.3, 0.4) is 0 Å². The van der Waals surface area contributed by atoms with E-state index in [1.165, 1.54) is 12.8 Å². The van der Waals surface area contributed by atoms with Crippen molar-refractivity contribution in [2.45, 2.75) is 32.2 Å². The van der Waals surface area contributed by atoms with Gasteiger partial charge in [-0.1, -0.05) is 6.92 Å². The number of methoxy groups -OCH3 is 1. The smallest absolute Gasteiger partial charge is 0.0615 e. The highest BCUT2D eigenvalue weighted by Crippen LogP contribution is 2.28. The average Bonchev–Trinajstić information content (AvgIpc) is 2.99. The summed E-state index contributed by atoms with van der Waals surface area (Å²) in [5.74, 6) is 0.871. The van der Waals surface area contributed by atoms with Crippen LogP contribution in [0.2, 0.25) is 0 Å². The van der Waals surface area contributed by atoms with Gasteiger partial charge in [0.25, 0.3) is 0 Å². The van der Waals surface area contributed by atoms with Crippen molar-refractivity contribution in [1.82, 2.24) is 5.32 Å². The number of ether oxygens (including phenoxy) is 2. The van der Waals surface area contributed by atoms with Crippen LogP contribution in [0.1, 0.15) is 26.2 Å². The number of hydrogen-bond donors (Lipinski definition) is 1. The highest BCUT2D eigenvalue weighted by atomic mass is 16.5. The molecule has 0 aromatic heterocycles. The van der Waals surface area contributed by atoms with Gasteiger partial charge >= 0.3 is 0 Å². The van der Waals surface area contributed by atoms with Gasteiger partial charge in [-0.05, 0) is 25.2 Å². The molecule has 0 aliphatic heterocycles. The summed E-state index contributed by atoms with van der Waals surface area (Å²) in [6, 6.07) is 0.476. The molecule has 1 N–H and O–H groups in total. The molecule has 1 unspecified atom stereocenters. The molecule has 3 heteroatoms. The van der Waals surface area contributed by atoms with Crippen LogP contribution in [0, 0.1) is 5.92 Å². The molecule has 0 radical (unpaired) electrons. The lowest BCUT2D eigenvalue weighted by molar-refractivity contribution is 0.115. The molecule has 0 aromatic carbocycles. The Balaban J connectivity index is 1.84. The molecule has 84 valence electrons. The lowest BCUT2D eigenvalue weighted by Gasteiger charge is -2.15. The fraction of sp³-hybridized carbons (Fsp3) is 1.00. The van der Waals surface area contributed by atoms with Gasteiger partial charge in [0.1, 0.15) is 0 Å². The summed E-state index contributed by atoms with van der Waals surface area (Å²) >= 11 is 0. The Morgan fingerprint density at radius 2 is 2.21 bits per heavy atom. The van der Waals surface area contributed by atoms with Crippen molar-refractivity contribution in [3.05, 3.63) is 0 Å².